The van der Waals surface area contributed by atoms with Gasteiger partial charge in [-0.25, -0.2) is 0 Å². The van der Waals surface area contributed by atoms with Gasteiger partial charge in [-0.3, -0.25) is 10.1 Å². The lowest BCUT2D eigenvalue weighted by Gasteiger charge is -2.12. The molecule has 1 unspecified atom stereocenters. The third-order valence-corrected chi connectivity index (χ3v) is 3.10. The first kappa shape index (κ1) is 14.5. The molecule has 0 amide bonds. The Morgan fingerprint density at radius 3 is 2.41 bits per heavy atom. The molecule has 8 heteroatoms. The fraction of sp³-hybridized carbons (Fsp3) is 0.333. The molecular weight excluding hydrogens is 337 g/mol. The zero-order valence-corrected chi connectivity index (χ0v) is 11.5. The van der Waals surface area contributed by atoms with Gasteiger partial charge in [0.05, 0.1) is 21.1 Å². The minimum absolute atomic E-state index is 0.0114. The van der Waals surface area contributed by atoms with E-state index in [1.165, 1.54) is 0 Å². The zero-order chi connectivity index (χ0) is 13.0. The van der Waals surface area contributed by atoms with Crippen LogP contribution < -0.4 is 4.74 Å². The summed E-state index contributed by atoms with van der Waals surface area (Å²) >= 11 is 14.7. The van der Waals surface area contributed by atoms with E-state index in [0.717, 1.165) is 12.1 Å². The van der Waals surface area contributed by atoms with Gasteiger partial charge in [-0.2, -0.15) is 0 Å². The van der Waals surface area contributed by atoms with Gasteiger partial charge in [-0.15, -0.1) is 0 Å². The van der Waals surface area contributed by atoms with Gasteiger partial charge in [0.2, 0.25) is 0 Å². The predicted molar refractivity (Wildman–Crippen MR) is 68.4 cm³/mol. The summed E-state index contributed by atoms with van der Waals surface area (Å²) in [5.41, 5.74) is -0.214. The number of halogens is 3. The van der Waals surface area contributed by atoms with Crippen molar-refractivity contribution in [3.8, 4) is 5.75 Å². The molecule has 94 valence electrons. The highest BCUT2D eigenvalue weighted by Gasteiger charge is 2.16. The molecule has 0 fully saturated rings. The number of hydrogen-bond donors (Lipinski definition) is 1. The molecule has 0 saturated carbocycles. The van der Waals surface area contributed by atoms with Gasteiger partial charge >= 0.3 is 0 Å². The number of aliphatic hydroxyl groups excluding tert-OH is 1. The lowest BCUT2D eigenvalue weighted by atomic mass is 10.3. The fourth-order valence-electron chi connectivity index (χ4n) is 1.01. The third-order valence-electron chi connectivity index (χ3n) is 1.79. The van der Waals surface area contributed by atoms with Crippen LogP contribution in [0.1, 0.15) is 0 Å². The van der Waals surface area contributed by atoms with Crippen LogP contribution in [0.5, 0.6) is 5.75 Å². The van der Waals surface area contributed by atoms with E-state index in [-0.39, 0.29) is 28.1 Å². The molecule has 1 N–H and O–H groups in total. The molecule has 17 heavy (non-hydrogen) atoms. The first-order valence-electron chi connectivity index (χ1n) is 4.46. The molecule has 0 aliphatic rings. The normalized spacial score (nSPS) is 12.2. The van der Waals surface area contributed by atoms with E-state index in [0.29, 0.717) is 5.33 Å². The number of benzene rings is 1. The summed E-state index contributed by atoms with van der Waals surface area (Å²) in [6.45, 7) is -0.0114. The van der Waals surface area contributed by atoms with E-state index < -0.39 is 11.0 Å². The number of alkyl halides is 1. The summed E-state index contributed by atoms with van der Waals surface area (Å²) in [5, 5.41) is 20.2. The van der Waals surface area contributed by atoms with E-state index in [2.05, 4.69) is 15.9 Å². The summed E-state index contributed by atoms with van der Waals surface area (Å²) in [5.74, 6) is 0.124. The Morgan fingerprint density at radius 1 is 1.47 bits per heavy atom. The topological polar surface area (TPSA) is 72.6 Å². The number of nitrogens with zero attached hydrogens (tertiary/aromatic N) is 1. The van der Waals surface area contributed by atoms with Crippen LogP contribution in [0.3, 0.4) is 0 Å². The molecule has 0 bridgehead atoms. The van der Waals surface area contributed by atoms with E-state index in [1.807, 2.05) is 0 Å². The number of non-ortho nitro benzene ring substituents is 1. The molecule has 0 heterocycles. The maximum atomic E-state index is 10.5. The molecule has 0 radical (unpaired) electrons. The highest BCUT2D eigenvalue weighted by molar-refractivity contribution is 9.09. The van der Waals surface area contributed by atoms with Crippen LogP contribution in [0.25, 0.3) is 0 Å². The third kappa shape index (κ3) is 3.99. The lowest BCUT2D eigenvalue weighted by molar-refractivity contribution is -0.384. The molecule has 1 atom stereocenters. The number of rotatable bonds is 5. The van der Waals surface area contributed by atoms with Gasteiger partial charge in [0.15, 0.2) is 5.75 Å². The second-order valence-electron chi connectivity index (χ2n) is 3.11. The molecular formula is C9H8BrCl2NO4. The molecule has 1 rings (SSSR count). The van der Waals surface area contributed by atoms with Crippen molar-refractivity contribution < 1.29 is 14.8 Å². The molecule has 0 aliphatic carbocycles. The summed E-state index contributed by atoms with van der Waals surface area (Å²) in [4.78, 5) is 9.93. The molecule has 0 spiro atoms. The van der Waals surface area contributed by atoms with E-state index in [9.17, 15) is 15.2 Å². The van der Waals surface area contributed by atoms with Gasteiger partial charge in [0, 0.05) is 17.5 Å². The van der Waals surface area contributed by atoms with Crippen molar-refractivity contribution in [1.82, 2.24) is 0 Å². The number of hydrogen-bond acceptors (Lipinski definition) is 4. The number of nitro benzene ring substituents is 1. The van der Waals surface area contributed by atoms with Crippen molar-refractivity contribution in [1.29, 1.82) is 0 Å². The number of ether oxygens (including phenoxy) is 1. The first-order valence-corrected chi connectivity index (χ1v) is 6.33. The van der Waals surface area contributed by atoms with Crippen LogP contribution in [0, 0.1) is 10.1 Å². The van der Waals surface area contributed by atoms with Crippen molar-refractivity contribution in [2.24, 2.45) is 0 Å². The Bertz CT molecular complexity index is 406. The first-order chi connectivity index (χ1) is 7.95. The number of aliphatic hydroxyl groups is 1. The quantitative estimate of drug-likeness (QED) is 0.506. The van der Waals surface area contributed by atoms with Crippen LogP contribution in [0.4, 0.5) is 5.69 Å². The molecule has 0 aromatic heterocycles. The maximum Gasteiger partial charge on any atom is 0.272 e. The molecule has 5 nitrogen and oxygen atoms in total. The number of nitro groups is 1. The van der Waals surface area contributed by atoms with Crippen LogP contribution in [-0.2, 0) is 0 Å². The fourth-order valence-corrected chi connectivity index (χ4v) is 1.79. The largest absolute Gasteiger partial charge is 0.488 e. The van der Waals surface area contributed by atoms with Crippen molar-refractivity contribution in [3.05, 3.63) is 32.3 Å². The summed E-state index contributed by atoms with van der Waals surface area (Å²) < 4.78 is 5.19. The highest BCUT2D eigenvalue weighted by atomic mass is 79.9. The Kier molecular flexibility index (Phi) is 5.45. The Labute approximate surface area is 116 Å². The van der Waals surface area contributed by atoms with Crippen molar-refractivity contribution in [2.75, 3.05) is 11.9 Å². The standard InChI is InChI=1S/C9H8BrCl2NO4/c10-3-6(14)4-17-9-7(11)1-5(13(15)16)2-8(9)12/h1-2,6,14H,3-4H2. The summed E-state index contributed by atoms with van der Waals surface area (Å²) in [6.07, 6.45) is -0.711. The minimum atomic E-state index is -0.711. The maximum absolute atomic E-state index is 10.5. The highest BCUT2D eigenvalue weighted by Crippen LogP contribution is 2.36. The second kappa shape index (κ2) is 6.39. The van der Waals surface area contributed by atoms with E-state index in [1.54, 1.807) is 0 Å². The average Bonchev–Trinajstić information content (AvgIpc) is 2.27. The Morgan fingerprint density at radius 2 is 2.00 bits per heavy atom. The van der Waals surface area contributed by atoms with E-state index >= 15 is 0 Å². The van der Waals surface area contributed by atoms with Crippen molar-refractivity contribution in [3.63, 3.8) is 0 Å². The average molecular weight is 345 g/mol. The Hall–Kier alpha value is -0.560. The van der Waals surface area contributed by atoms with Gasteiger partial charge in [0.25, 0.3) is 5.69 Å². The van der Waals surface area contributed by atoms with Crippen LogP contribution in [0.2, 0.25) is 10.0 Å². The minimum Gasteiger partial charge on any atom is -0.488 e. The second-order valence-corrected chi connectivity index (χ2v) is 4.58. The molecule has 0 aliphatic heterocycles. The van der Waals surface area contributed by atoms with E-state index in [4.69, 9.17) is 27.9 Å². The van der Waals surface area contributed by atoms with Gasteiger partial charge in [0.1, 0.15) is 6.61 Å². The lowest BCUT2D eigenvalue weighted by Crippen LogP contribution is -2.18. The van der Waals surface area contributed by atoms with Gasteiger partial charge < -0.3 is 9.84 Å². The van der Waals surface area contributed by atoms with Gasteiger partial charge in [-0.05, 0) is 0 Å². The zero-order valence-electron chi connectivity index (χ0n) is 8.40. The smallest absolute Gasteiger partial charge is 0.272 e. The molecule has 1 aromatic rings. The summed E-state index contributed by atoms with van der Waals surface area (Å²) in [7, 11) is 0. The molecule has 0 saturated heterocycles. The SMILES string of the molecule is O=[N+]([O-])c1cc(Cl)c(OCC(O)CBr)c(Cl)c1. The Balaban J connectivity index is 2.90. The predicted octanol–water partition coefficient (Wildman–Crippen LogP) is 3.04. The molecule has 1 aromatic carbocycles. The van der Waals surface area contributed by atoms with Crippen LogP contribution >= 0.6 is 39.1 Å². The van der Waals surface area contributed by atoms with Crippen molar-refractivity contribution >= 4 is 44.8 Å². The van der Waals surface area contributed by atoms with Gasteiger partial charge in [-0.1, -0.05) is 39.1 Å². The van der Waals surface area contributed by atoms with Crippen molar-refractivity contribution in [2.45, 2.75) is 6.10 Å². The monoisotopic (exact) mass is 343 g/mol. The van der Waals surface area contributed by atoms with Crippen LogP contribution in [-0.4, -0.2) is 28.1 Å². The van der Waals surface area contributed by atoms with Crippen LogP contribution in [0.15, 0.2) is 12.1 Å². The summed E-state index contributed by atoms with van der Waals surface area (Å²) in [6, 6.07) is 2.28.